The maximum atomic E-state index is 14.2. The predicted octanol–water partition coefficient (Wildman–Crippen LogP) is 3.56. The van der Waals surface area contributed by atoms with E-state index in [1.54, 1.807) is 36.5 Å². The molecule has 1 aliphatic carbocycles. The number of hydrogen-bond acceptors (Lipinski definition) is 5. The van der Waals surface area contributed by atoms with Gasteiger partial charge in [0.1, 0.15) is 23.4 Å². The standard InChI is InChI=1S/C23H23FN4O3/c1-2-21(31-18-9-6-15(7-10-18)23(30)14-3-4-14)20-13-26-28(27-20)17-8-5-16(11-22(25)29)19(24)12-17/h5-10,12-14,21H,2-4,11H2,1H3,(H2,25,29). The summed E-state index contributed by atoms with van der Waals surface area (Å²) < 4.78 is 20.3. The number of ether oxygens (including phenoxy) is 1. The summed E-state index contributed by atoms with van der Waals surface area (Å²) in [5.41, 5.74) is 7.08. The van der Waals surface area contributed by atoms with Gasteiger partial charge in [0.25, 0.3) is 0 Å². The summed E-state index contributed by atoms with van der Waals surface area (Å²) in [6.45, 7) is 1.97. The lowest BCUT2D eigenvalue weighted by Crippen LogP contribution is -2.15. The molecule has 1 unspecified atom stereocenters. The van der Waals surface area contributed by atoms with E-state index in [1.807, 2.05) is 6.92 Å². The summed E-state index contributed by atoms with van der Waals surface area (Å²) in [5, 5.41) is 8.64. The molecular formula is C23H23FN4O3. The van der Waals surface area contributed by atoms with Gasteiger partial charge in [-0.25, -0.2) is 4.39 Å². The Morgan fingerprint density at radius 2 is 1.97 bits per heavy atom. The molecule has 1 heterocycles. The zero-order chi connectivity index (χ0) is 22.0. The lowest BCUT2D eigenvalue weighted by molar-refractivity contribution is -0.117. The van der Waals surface area contributed by atoms with Crippen molar-refractivity contribution in [2.24, 2.45) is 11.7 Å². The number of primary amides is 1. The molecule has 0 bridgehead atoms. The van der Waals surface area contributed by atoms with Gasteiger partial charge in [-0.15, -0.1) is 5.10 Å². The van der Waals surface area contributed by atoms with E-state index in [0.717, 1.165) is 12.8 Å². The van der Waals surface area contributed by atoms with Crippen LogP contribution in [0.2, 0.25) is 0 Å². The number of amides is 1. The van der Waals surface area contributed by atoms with E-state index in [1.165, 1.54) is 16.9 Å². The van der Waals surface area contributed by atoms with E-state index >= 15 is 0 Å². The molecule has 1 atom stereocenters. The predicted molar refractivity (Wildman–Crippen MR) is 111 cm³/mol. The van der Waals surface area contributed by atoms with Crippen molar-refractivity contribution in [3.63, 3.8) is 0 Å². The van der Waals surface area contributed by atoms with Crippen LogP contribution >= 0.6 is 0 Å². The average molecular weight is 422 g/mol. The maximum absolute atomic E-state index is 14.2. The number of carbonyl (C=O) groups excluding carboxylic acids is 2. The van der Waals surface area contributed by atoms with E-state index in [4.69, 9.17) is 10.5 Å². The number of carbonyl (C=O) groups is 2. The maximum Gasteiger partial charge on any atom is 0.221 e. The number of aromatic nitrogens is 3. The first kappa shape index (κ1) is 20.7. The van der Waals surface area contributed by atoms with Crippen molar-refractivity contribution < 1.29 is 18.7 Å². The number of halogens is 1. The largest absolute Gasteiger partial charge is 0.484 e. The molecular weight excluding hydrogens is 399 g/mol. The number of nitrogens with zero attached hydrogens (tertiary/aromatic N) is 3. The second-order valence-corrected chi connectivity index (χ2v) is 7.66. The highest BCUT2D eigenvalue weighted by atomic mass is 19.1. The van der Waals surface area contributed by atoms with Gasteiger partial charge in [-0.2, -0.15) is 9.90 Å². The summed E-state index contributed by atoms with van der Waals surface area (Å²) >= 11 is 0. The van der Waals surface area contributed by atoms with Gasteiger partial charge in [0.05, 0.1) is 18.3 Å². The van der Waals surface area contributed by atoms with E-state index in [0.29, 0.717) is 29.1 Å². The van der Waals surface area contributed by atoms with Crippen LogP contribution in [0, 0.1) is 11.7 Å². The van der Waals surface area contributed by atoms with Crippen molar-refractivity contribution in [2.75, 3.05) is 0 Å². The molecule has 1 aliphatic rings. The van der Waals surface area contributed by atoms with Gasteiger partial charge >= 0.3 is 0 Å². The Bertz CT molecular complexity index is 1110. The molecule has 3 aromatic rings. The van der Waals surface area contributed by atoms with Crippen molar-refractivity contribution in [1.82, 2.24) is 15.0 Å². The van der Waals surface area contributed by atoms with Crippen molar-refractivity contribution >= 4 is 11.7 Å². The zero-order valence-corrected chi connectivity index (χ0v) is 17.1. The molecule has 1 saturated carbocycles. The Kier molecular flexibility index (Phi) is 5.79. The number of Topliss-reactive ketones (excluding diaryl/α,β-unsaturated/α-hetero) is 1. The highest BCUT2D eigenvalue weighted by Gasteiger charge is 2.30. The summed E-state index contributed by atoms with van der Waals surface area (Å²) in [5.74, 6) is -0.135. The molecule has 8 heteroatoms. The van der Waals surface area contributed by atoms with Gasteiger partial charge in [0, 0.05) is 17.5 Å². The molecule has 1 amide bonds. The first-order valence-corrected chi connectivity index (χ1v) is 10.2. The smallest absolute Gasteiger partial charge is 0.221 e. The Morgan fingerprint density at radius 1 is 1.23 bits per heavy atom. The van der Waals surface area contributed by atoms with Crippen LogP contribution in [0.1, 0.15) is 53.9 Å². The Hall–Kier alpha value is -3.55. The fraction of sp³-hybridized carbons (Fsp3) is 0.304. The molecule has 0 aliphatic heterocycles. The minimum Gasteiger partial charge on any atom is -0.484 e. The highest BCUT2D eigenvalue weighted by Crippen LogP contribution is 2.33. The van der Waals surface area contributed by atoms with Gasteiger partial charge in [-0.05, 0) is 55.2 Å². The quantitative estimate of drug-likeness (QED) is 0.532. The third-order valence-electron chi connectivity index (χ3n) is 5.21. The molecule has 1 fully saturated rings. The molecule has 31 heavy (non-hydrogen) atoms. The summed E-state index contributed by atoms with van der Waals surface area (Å²) in [6.07, 6.45) is 3.66. The van der Waals surface area contributed by atoms with E-state index < -0.39 is 11.7 Å². The topological polar surface area (TPSA) is 100 Å². The fourth-order valence-electron chi connectivity index (χ4n) is 3.33. The average Bonchev–Trinajstić information content (AvgIpc) is 3.50. The lowest BCUT2D eigenvalue weighted by Gasteiger charge is -2.15. The van der Waals surface area contributed by atoms with Crippen molar-refractivity contribution in [3.8, 4) is 11.4 Å². The molecule has 4 rings (SSSR count). The van der Waals surface area contributed by atoms with Gasteiger partial charge in [0.15, 0.2) is 5.78 Å². The van der Waals surface area contributed by atoms with E-state index in [9.17, 15) is 14.0 Å². The SMILES string of the molecule is CCC(Oc1ccc(C(=O)C2CC2)cc1)c1cnn(-c2ccc(CC(N)=O)c(F)c2)n1. The first-order valence-electron chi connectivity index (χ1n) is 10.2. The molecule has 7 nitrogen and oxygen atoms in total. The van der Waals surface area contributed by atoms with Gasteiger partial charge < -0.3 is 10.5 Å². The Morgan fingerprint density at radius 3 is 2.58 bits per heavy atom. The van der Waals surface area contributed by atoms with Gasteiger partial charge in [-0.3, -0.25) is 9.59 Å². The lowest BCUT2D eigenvalue weighted by atomic mass is 10.1. The van der Waals surface area contributed by atoms with E-state index in [-0.39, 0.29) is 29.8 Å². The summed E-state index contributed by atoms with van der Waals surface area (Å²) in [6, 6.07) is 11.5. The van der Waals surface area contributed by atoms with Crippen LogP contribution in [-0.2, 0) is 11.2 Å². The zero-order valence-electron chi connectivity index (χ0n) is 17.1. The third kappa shape index (κ3) is 4.79. The Labute approximate surface area is 179 Å². The fourth-order valence-corrected chi connectivity index (χ4v) is 3.33. The van der Waals surface area contributed by atoms with Gasteiger partial charge in [-0.1, -0.05) is 13.0 Å². The molecule has 160 valence electrons. The molecule has 1 aromatic heterocycles. The molecule has 2 N–H and O–H groups in total. The summed E-state index contributed by atoms with van der Waals surface area (Å²) in [7, 11) is 0. The number of hydrogen-bond donors (Lipinski definition) is 1. The van der Waals surface area contributed by atoms with Crippen LogP contribution in [0.5, 0.6) is 5.75 Å². The minimum atomic E-state index is -0.598. The van der Waals surface area contributed by atoms with Crippen LogP contribution in [0.25, 0.3) is 5.69 Å². The monoisotopic (exact) mass is 422 g/mol. The number of rotatable bonds is 9. The Balaban J connectivity index is 1.47. The third-order valence-corrected chi connectivity index (χ3v) is 5.21. The van der Waals surface area contributed by atoms with Crippen LogP contribution in [0.4, 0.5) is 4.39 Å². The van der Waals surface area contributed by atoms with Crippen LogP contribution in [-0.4, -0.2) is 26.7 Å². The van der Waals surface area contributed by atoms with Crippen molar-refractivity contribution in [3.05, 3.63) is 71.3 Å². The second kappa shape index (κ2) is 8.67. The van der Waals surface area contributed by atoms with Gasteiger partial charge in [0.2, 0.25) is 5.91 Å². The normalized spacial score (nSPS) is 14.3. The van der Waals surface area contributed by atoms with Crippen LogP contribution in [0.15, 0.2) is 48.7 Å². The minimum absolute atomic E-state index is 0.166. The second-order valence-electron chi connectivity index (χ2n) is 7.66. The summed E-state index contributed by atoms with van der Waals surface area (Å²) in [4.78, 5) is 24.5. The molecule has 0 saturated heterocycles. The first-order chi connectivity index (χ1) is 14.9. The molecule has 2 aromatic carbocycles. The number of nitrogens with two attached hydrogens (primary N) is 1. The van der Waals surface area contributed by atoms with Crippen LogP contribution < -0.4 is 10.5 Å². The number of ketones is 1. The van der Waals surface area contributed by atoms with Crippen molar-refractivity contribution in [2.45, 2.75) is 38.7 Å². The van der Waals surface area contributed by atoms with E-state index in [2.05, 4.69) is 10.2 Å². The highest BCUT2D eigenvalue weighted by molar-refractivity contribution is 5.99. The number of benzene rings is 2. The molecule has 0 radical (unpaired) electrons. The van der Waals surface area contributed by atoms with Crippen molar-refractivity contribution in [1.29, 1.82) is 0 Å². The van der Waals surface area contributed by atoms with Crippen LogP contribution in [0.3, 0.4) is 0 Å². The molecule has 0 spiro atoms.